The summed E-state index contributed by atoms with van der Waals surface area (Å²) >= 11 is 5.88. The predicted octanol–water partition coefficient (Wildman–Crippen LogP) is 2.54. The van der Waals surface area contributed by atoms with Crippen LogP contribution in [0.5, 0.6) is 0 Å². The number of hydrogen-bond acceptors (Lipinski definition) is 3. The molecule has 0 radical (unpaired) electrons. The molecule has 0 aliphatic carbocycles. The van der Waals surface area contributed by atoms with Crippen molar-refractivity contribution in [3.8, 4) is 0 Å². The number of fused-ring (bicyclic) bond motifs is 1. The number of nitrogens with zero attached hydrogens (tertiary/aromatic N) is 2. The normalized spacial score (nSPS) is 10.7. The molecule has 6 heteroatoms. The van der Waals surface area contributed by atoms with Crippen molar-refractivity contribution < 1.29 is 4.79 Å². The number of hydrogen-bond donors (Lipinski definition) is 2. The van der Waals surface area contributed by atoms with Crippen LogP contribution in [-0.2, 0) is 6.54 Å². The summed E-state index contributed by atoms with van der Waals surface area (Å²) in [6, 6.07) is 11.0. The molecule has 2 heterocycles. The van der Waals surface area contributed by atoms with Crippen LogP contribution in [0.2, 0.25) is 5.15 Å². The highest BCUT2D eigenvalue weighted by Gasteiger charge is 2.11. The lowest BCUT2D eigenvalue weighted by Crippen LogP contribution is -2.23. The Hall–Kier alpha value is -2.40. The molecule has 100 valence electrons. The van der Waals surface area contributed by atoms with Gasteiger partial charge in [0.15, 0.2) is 0 Å². The molecule has 2 N–H and O–H groups in total. The summed E-state index contributed by atoms with van der Waals surface area (Å²) in [4.78, 5) is 15.9. The van der Waals surface area contributed by atoms with Crippen LogP contribution in [-0.4, -0.2) is 21.1 Å². The number of benzene rings is 1. The summed E-state index contributed by atoms with van der Waals surface area (Å²) < 4.78 is 0. The molecule has 2 aromatic heterocycles. The van der Waals surface area contributed by atoms with Crippen molar-refractivity contribution in [2.75, 3.05) is 0 Å². The molecule has 0 spiro atoms. The smallest absolute Gasteiger partial charge is 0.254 e. The minimum Gasteiger partial charge on any atom is -0.346 e. The highest BCUT2D eigenvalue weighted by molar-refractivity contribution is 6.32. The average molecular weight is 287 g/mol. The molecule has 0 aliphatic rings. The summed E-state index contributed by atoms with van der Waals surface area (Å²) in [5, 5.41) is 11.1. The third kappa shape index (κ3) is 2.35. The monoisotopic (exact) mass is 286 g/mol. The molecule has 1 aromatic carbocycles. The number of aromatic amines is 1. The fourth-order valence-electron chi connectivity index (χ4n) is 1.97. The molecule has 5 nitrogen and oxygen atoms in total. The first-order valence-electron chi connectivity index (χ1n) is 6.06. The van der Waals surface area contributed by atoms with Gasteiger partial charge in [-0.15, -0.1) is 0 Å². The first-order valence-corrected chi connectivity index (χ1v) is 6.44. The Morgan fingerprint density at radius 2 is 2.10 bits per heavy atom. The quantitative estimate of drug-likeness (QED) is 0.727. The van der Waals surface area contributed by atoms with Crippen LogP contribution in [0.3, 0.4) is 0 Å². The van der Waals surface area contributed by atoms with Gasteiger partial charge >= 0.3 is 0 Å². The molecule has 3 rings (SSSR count). The third-order valence-electron chi connectivity index (χ3n) is 2.97. The maximum atomic E-state index is 12.0. The van der Waals surface area contributed by atoms with E-state index in [-0.39, 0.29) is 11.1 Å². The van der Waals surface area contributed by atoms with Gasteiger partial charge in [0.2, 0.25) is 0 Å². The van der Waals surface area contributed by atoms with Crippen molar-refractivity contribution in [3.63, 3.8) is 0 Å². The number of amides is 1. The highest BCUT2D eigenvalue weighted by atomic mass is 35.5. The number of carbonyl (C=O) groups excluding carboxylic acids is 1. The number of carbonyl (C=O) groups is 1. The van der Waals surface area contributed by atoms with Crippen molar-refractivity contribution in [1.29, 1.82) is 0 Å². The number of pyridine rings is 1. The highest BCUT2D eigenvalue weighted by Crippen LogP contribution is 2.15. The van der Waals surface area contributed by atoms with E-state index in [2.05, 4.69) is 20.5 Å². The van der Waals surface area contributed by atoms with E-state index >= 15 is 0 Å². The fourth-order valence-corrected chi connectivity index (χ4v) is 2.17. The Morgan fingerprint density at radius 1 is 1.25 bits per heavy atom. The van der Waals surface area contributed by atoms with E-state index < -0.39 is 0 Å². The molecule has 0 unspecified atom stereocenters. The lowest BCUT2D eigenvalue weighted by Gasteiger charge is -2.05. The van der Waals surface area contributed by atoms with E-state index in [1.807, 2.05) is 24.3 Å². The van der Waals surface area contributed by atoms with Gasteiger partial charge < -0.3 is 5.32 Å². The number of para-hydroxylation sites is 1. The zero-order chi connectivity index (χ0) is 13.9. The van der Waals surface area contributed by atoms with Crippen LogP contribution < -0.4 is 5.32 Å². The second-order valence-electron chi connectivity index (χ2n) is 4.24. The van der Waals surface area contributed by atoms with Crippen LogP contribution in [0.25, 0.3) is 10.9 Å². The van der Waals surface area contributed by atoms with E-state index in [0.29, 0.717) is 12.1 Å². The first-order chi connectivity index (χ1) is 9.75. The van der Waals surface area contributed by atoms with E-state index in [1.165, 1.54) is 0 Å². The van der Waals surface area contributed by atoms with Crippen LogP contribution in [0.4, 0.5) is 0 Å². The fraction of sp³-hybridized carbons (Fsp3) is 0.0714. The van der Waals surface area contributed by atoms with Gasteiger partial charge in [-0.05, 0) is 18.2 Å². The van der Waals surface area contributed by atoms with Gasteiger partial charge in [-0.25, -0.2) is 4.98 Å². The van der Waals surface area contributed by atoms with Crippen molar-refractivity contribution in [1.82, 2.24) is 20.5 Å². The minimum absolute atomic E-state index is 0.194. The van der Waals surface area contributed by atoms with Crippen LogP contribution >= 0.6 is 11.6 Å². The largest absolute Gasteiger partial charge is 0.346 e. The summed E-state index contributed by atoms with van der Waals surface area (Å²) in [5.41, 5.74) is 2.09. The van der Waals surface area contributed by atoms with Gasteiger partial charge in [0.1, 0.15) is 5.15 Å². The lowest BCUT2D eigenvalue weighted by molar-refractivity contribution is 0.0950. The lowest BCUT2D eigenvalue weighted by atomic mass is 10.2. The van der Waals surface area contributed by atoms with Crippen LogP contribution in [0.1, 0.15) is 16.1 Å². The molecule has 0 atom stereocenters. The second-order valence-corrected chi connectivity index (χ2v) is 4.60. The van der Waals surface area contributed by atoms with Gasteiger partial charge in [0, 0.05) is 11.6 Å². The number of nitrogens with one attached hydrogen (secondary N) is 2. The molecule has 0 aliphatic heterocycles. The van der Waals surface area contributed by atoms with E-state index in [9.17, 15) is 4.79 Å². The Morgan fingerprint density at radius 3 is 2.95 bits per heavy atom. The molecule has 3 aromatic rings. The van der Waals surface area contributed by atoms with Crippen LogP contribution in [0, 0.1) is 0 Å². The molecule has 0 saturated heterocycles. The van der Waals surface area contributed by atoms with Crippen molar-refractivity contribution in [3.05, 3.63) is 59.0 Å². The average Bonchev–Trinajstić information content (AvgIpc) is 2.88. The van der Waals surface area contributed by atoms with Gasteiger partial charge in [0.05, 0.1) is 23.3 Å². The van der Waals surface area contributed by atoms with Crippen molar-refractivity contribution in [2.24, 2.45) is 0 Å². The molecule has 0 fully saturated rings. The number of H-pyrrole nitrogens is 1. The Balaban J connectivity index is 1.77. The molecular weight excluding hydrogens is 276 g/mol. The van der Waals surface area contributed by atoms with E-state index in [4.69, 9.17) is 11.6 Å². The summed E-state index contributed by atoms with van der Waals surface area (Å²) in [5.74, 6) is -0.262. The number of aromatic nitrogens is 3. The van der Waals surface area contributed by atoms with Gasteiger partial charge in [-0.1, -0.05) is 29.8 Å². The van der Waals surface area contributed by atoms with E-state index in [1.54, 1.807) is 18.3 Å². The molecule has 0 bridgehead atoms. The molecule has 0 saturated carbocycles. The first kappa shape index (κ1) is 12.6. The van der Waals surface area contributed by atoms with Gasteiger partial charge in [0.25, 0.3) is 5.91 Å². The Labute approximate surface area is 120 Å². The minimum atomic E-state index is -0.262. The molecule has 1 amide bonds. The summed E-state index contributed by atoms with van der Waals surface area (Å²) in [7, 11) is 0. The summed E-state index contributed by atoms with van der Waals surface area (Å²) in [6.07, 6.45) is 1.54. The van der Waals surface area contributed by atoms with Gasteiger partial charge in [-0.2, -0.15) is 5.10 Å². The Bertz CT molecular complexity index is 768. The zero-order valence-corrected chi connectivity index (χ0v) is 11.2. The number of rotatable bonds is 3. The Kier molecular flexibility index (Phi) is 3.35. The summed E-state index contributed by atoms with van der Waals surface area (Å²) in [6.45, 7) is 0.352. The molecular formula is C14H11ClN4O. The van der Waals surface area contributed by atoms with E-state index in [0.717, 1.165) is 16.6 Å². The van der Waals surface area contributed by atoms with Crippen LogP contribution in [0.15, 0.2) is 42.6 Å². The second kappa shape index (κ2) is 5.30. The van der Waals surface area contributed by atoms with Gasteiger partial charge in [-0.3, -0.25) is 9.89 Å². The zero-order valence-electron chi connectivity index (χ0n) is 10.4. The SMILES string of the molecule is O=C(NCc1[nH]nc2ccccc12)c1cccnc1Cl. The maximum absolute atomic E-state index is 12.0. The predicted molar refractivity (Wildman–Crippen MR) is 76.5 cm³/mol. The van der Waals surface area contributed by atoms with Crippen molar-refractivity contribution >= 4 is 28.4 Å². The molecule has 20 heavy (non-hydrogen) atoms. The topological polar surface area (TPSA) is 70.7 Å². The standard InChI is InChI=1S/C14H11ClN4O/c15-13-10(5-3-7-16-13)14(20)17-8-12-9-4-1-2-6-11(9)18-19-12/h1-7H,8H2,(H,17,20)(H,18,19). The van der Waals surface area contributed by atoms with Crippen molar-refractivity contribution in [2.45, 2.75) is 6.54 Å². The maximum Gasteiger partial charge on any atom is 0.254 e. The third-order valence-corrected chi connectivity index (χ3v) is 3.27. The number of halogens is 1.